The van der Waals surface area contributed by atoms with Gasteiger partial charge in [0.15, 0.2) is 0 Å². The van der Waals surface area contributed by atoms with Crippen LogP contribution >= 0.6 is 0 Å². The lowest BCUT2D eigenvalue weighted by atomic mass is 9.97. The molecule has 0 aromatic heterocycles. The van der Waals surface area contributed by atoms with E-state index in [1.54, 1.807) is 25.1 Å². The highest BCUT2D eigenvalue weighted by molar-refractivity contribution is 7.89. The molecule has 0 atom stereocenters. The van der Waals surface area contributed by atoms with Gasteiger partial charge in [-0.3, -0.25) is 4.79 Å². The van der Waals surface area contributed by atoms with E-state index < -0.39 is 10.0 Å². The summed E-state index contributed by atoms with van der Waals surface area (Å²) in [5, 5.41) is 3.00. The third kappa shape index (κ3) is 4.39. The summed E-state index contributed by atoms with van der Waals surface area (Å²) in [6.07, 6.45) is 1.09. The van der Waals surface area contributed by atoms with Crippen LogP contribution in [0.25, 0.3) is 0 Å². The lowest BCUT2D eigenvalue weighted by Crippen LogP contribution is -2.43. The van der Waals surface area contributed by atoms with Crippen LogP contribution in [0.1, 0.15) is 29.5 Å². The maximum atomic E-state index is 12.9. The number of nitrogens with one attached hydrogen (secondary N) is 1. The molecular weight excluding hydrogens is 360 g/mol. The highest BCUT2D eigenvalue weighted by atomic mass is 32.2. The Morgan fingerprint density at radius 3 is 2.22 bits per heavy atom. The number of benzene rings is 2. The van der Waals surface area contributed by atoms with Crippen LogP contribution in [0.3, 0.4) is 0 Å². The van der Waals surface area contributed by atoms with Gasteiger partial charge in [-0.2, -0.15) is 4.31 Å². The predicted octanol–water partition coefficient (Wildman–Crippen LogP) is 3.02. The van der Waals surface area contributed by atoms with E-state index >= 15 is 0 Å². The molecule has 0 unspecified atom stereocenters. The number of amides is 1. The van der Waals surface area contributed by atoms with Crippen LogP contribution in [-0.4, -0.2) is 31.7 Å². The van der Waals surface area contributed by atoms with Gasteiger partial charge in [0.1, 0.15) is 0 Å². The number of carbonyl (C=O) groups is 1. The zero-order chi connectivity index (χ0) is 19.4. The zero-order valence-corrected chi connectivity index (χ0v) is 16.6. The third-order valence-corrected chi connectivity index (χ3v) is 7.31. The van der Waals surface area contributed by atoms with E-state index in [0.29, 0.717) is 37.4 Å². The maximum Gasteiger partial charge on any atom is 0.243 e. The fraction of sp³-hybridized carbons (Fsp3) is 0.381. The van der Waals surface area contributed by atoms with E-state index in [1.165, 1.54) is 4.31 Å². The second kappa shape index (κ2) is 8.23. The van der Waals surface area contributed by atoms with Crippen molar-refractivity contribution in [3.05, 3.63) is 65.2 Å². The number of piperidine rings is 1. The van der Waals surface area contributed by atoms with Gasteiger partial charge in [-0.25, -0.2) is 8.42 Å². The van der Waals surface area contributed by atoms with Gasteiger partial charge in [0.05, 0.1) is 4.90 Å². The Morgan fingerprint density at radius 2 is 1.59 bits per heavy atom. The maximum absolute atomic E-state index is 12.9. The van der Waals surface area contributed by atoms with Gasteiger partial charge in [-0.05, 0) is 49.4 Å². The zero-order valence-electron chi connectivity index (χ0n) is 15.8. The minimum absolute atomic E-state index is 0.00573. The van der Waals surface area contributed by atoms with Crippen molar-refractivity contribution >= 4 is 15.9 Å². The van der Waals surface area contributed by atoms with Gasteiger partial charge >= 0.3 is 0 Å². The summed E-state index contributed by atoms with van der Waals surface area (Å²) in [5.74, 6) is -0.136. The highest BCUT2D eigenvalue weighted by Crippen LogP contribution is 2.25. The lowest BCUT2D eigenvalue weighted by molar-refractivity contribution is -0.126. The lowest BCUT2D eigenvalue weighted by Gasteiger charge is -2.31. The van der Waals surface area contributed by atoms with Gasteiger partial charge < -0.3 is 5.32 Å². The summed E-state index contributed by atoms with van der Waals surface area (Å²) in [6, 6.07) is 15.0. The Morgan fingerprint density at radius 1 is 1.00 bits per heavy atom. The van der Waals surface area contributed by atoms with E-state index in [1.807, 2.05) is 37.3 Å². The topological polar surface area (TPSA) is 66.5 Å². The first-order valence-corrected chi connectivity index (χ1v) is 10.7. The smallest absolute Gasteiger partial charge is 0.243 e. The SMILES string of the molecule is Cc1ccccc1CNC(=O)C1CCN(S(=O)(=O)c2ccccc2C)CC1. The van der Waals surface area contributed by atoms with Crippen molar-refractivity contribution in [2.45, 2.75) is 38.1 Å². The van der Waals surface area contributed by atoms with Crippen LogP contribution < -0.4 is 5.32 Å². The van der Waals surface area contributed by atoms with Crippen molar-refractivity contribution in [2.75, 3.05) is 13.1 Å². The molecule has 0 saturated carbocycles. The fourth-order valence-electron chi connectivity index (χ4n) is 3.48. The standard InChI is InChI=1S/C21H26N2O3S/c1-16-7-3-5-9-19(16)15-22-21(24)18-11-13-23(14-12-18)27(25,26)20-10-6-4-8-17(20)2/h3-10,18H,11-15H2,1-2H3,(H,22,24). The Kier molecular flexibility index (Phi) is 5.97. The molecule has 27 heavy (non-hydrogen) atoms. The Balaban J connectivity index is 1.58. The van der Waals surface area contributed by atoms with E-state index in [0.717, 1.165) is 16.7 Å². The first-order valence-electron chi connectivity index (χ1n) is 9.27. The van der Waals surface area contributed by atoms with Gasteiger partial charge in [-0.15, -0.1) is 0 Å². The molecule has 1 saturated heterocycles. The minimum atomic E-state index is -3.50. The van der Waals surface area contributed by atoms with E-state index in [2.05, 4.69) is 5.32 Å². The molecule has 144 valence electrons. The van der Waals surface area contributed by atoms with E-state index in [-0.39, 0.29) is 11.8 Å². The van der Waals surface area contributed by atoms with Crippen molar-refractivity contribution in [2.24, 2.45) is 5.92 Å². The molecule has 3 rings (SSSR count). The van der Waals surface area contributed by atoms with Crippen molar-refractivity contribution in [3.63, 3.8) is 0 Å². The quantitative estimate of drug-likeness (QED) is 0.859. The fourth-order valence-corrected chi connectivity index (χ4v) is 5.17. The molecule has 1 heterocycles. The van der Waals surface area contributed by atoms with Gasteiger partial charge in [0.25, 0.3) is 0 Å². The molecule has 1 aliphatic rings. The van der Waals surface area contributed by atoms with Gasteiger partial charge in [-0.1, -0.05) is 42.5 Å². The molecule has 0 bridgehead atoms. The number of hydrogen-bond acceptors (Lipinski definition) is 3. The Bertz CT molecular complexity index is 917. The van der Waals surface area contributed by atoms with Crippen molar-refractivity contribution < 1.29 is 13.2 Å². The molecule has 2 aromatic rings. The average Bonchev–Trinajstić information content (AvgIpc) is 2.67. The van der Waals surface area contributed by atoms with Crippen LogP contribution in [0.4, 0.5) is 0 Å². The first kappa shape index (κ1) is 19.6. The molecule has 0 radical (unpaired) electrons. The largest absolute Gasteiger partial charge is 0.352 e. The molecule has 1 N–H and O–H groups in total. The molecule has 1 amide bonds. The predicted molar refractivity (Wildman–Crippen MR) is 106 cm³/mol. The van der Waals surface area contributed by atoms with Crippen molar-refractivity contribution in [1.29, 1.82) is 0 Å². The summed E-state index contributed by atoms with van der Waals surface area (Å²) >= 11 is 0. The molecule has 6 heteroatoms. The van der Waals surface area contributed by atoms with Crippen LogP contribution in [0.15, 0.2) is 53.4 Å². The number of hydrogen-bond donors (Lipinski definition) is 1. The van der Waals surface area contributed by atoms with Crippen LogP contribution in [0, 0.1) is 19.8 Å². The van der Waals surface area contributed by atoms with E-state index in [4.69, 9.17) is 0 Å². The Labute approximate surface area is 161 Å². The second-order valence-electron chi connectivity index (χ2n) is 7.09. The average molecular weight is 387 g/mol. The normalized spacial score (nSPS) is 16.2. The molecule has 1 fully saturated rings. The number of sulfonamides is 1. The van der Waals surface area contributed by atoms with Crippen LogP contribution in [0.2, 0.25) is 0 Å². The molecule has 0 aliphatic carbocycles. The number of nitrogens with zero attached hydrogens (tertiary/aromatic N) is 1. The summed E-state index contributed by atoms with van der Waals surface area (Å²) in [4.78, 5) is 12.8. The third-order valence-electron chi connectivity index (χ3n) is 5.25. The molecular formula is C21H26N2O3S. The minimum Gasteiger partial charge on any atom is -0.352 e. The van der Waals surface area contributed by atoms with Crippen LogP contribution in [0.5, 0.6) is 0 Å². The monoisotopic (exact) mass is 386 g/mol. The van der Waals surface area contributed by atoms with Gasteiger partial charge in [0, 0.05) is 25.6 Å². The summed E-state index contributed by atoms with van der Waals surface area (Å²) in [7, 11) is -3.50. The number of aryl methyl sites for hydroxylation is 2. The molecule has 2 aromatic carbocycles. The number of rotatable bonds is 5. The molecule has 1 aliphatic heterocycles. The molecule has 5 nitrogen and oxygen atoms in total. The first-order chi connectivity index (χ1) is 12.9. The Hall–Kier alpha value is -2.18. The van der Waals surface area contributed by atoms with Crippen molar-refractivity contribution in [1.82, 2.24) is 9.62 Å². The number of carbonyl (C=O) groups excluding carboxylic acids is 1. The summed E-state index contributed by atoms with van der Waals surface area (Å²) < 4.78 is 27.2. The summed E-state index contributed by atoms with van der Waals surface area (Å²) in [5.41, 5.74) is 3.00. The molecule has 0 spiro atoms. The van der Waals surface area contributed by atoms with Crippen molar-refractivity contribution in [3.8, 4) is 0 Å². The second-order valence-corrected chi connectivity index (χ2v) is 8.99. The summed E-state index contributed by atoms with van der Waals surface area (Å²) in [6.45, 7) is 5.08. The van der Waals surface area contributed by atoms with E-state index in [9.17, 15) is 13.2 Å². The highest BCUT2D eigenvalue weighted by Gasteiger charge is 2.32. The van der Waals surface area contributed by atoms with Crippen LogP contribution in [-0.2, 0) is 21.4 Å². The van der Waals surface area contributed by atoms with Gasteiger partial charge in [0.2, 0.25) is 15.9 Å².